The van der Waals surface area contributed by atoms with Gasteiger partial charge in [0.1, 0.15) is 11.6 Å². The Labute approximate surface area is 259 Å². The molecule has 4 aliphatic rings. The number of aliphatic hydroxyl groups excluding tert-OH is 1. The van der Waals surface area contributed by atoms with Gasteiger partial charge in [0.25, 0.3) is 0 Å². The van der Waals surface area contributed by atoms with Crippen molar-refractivity contribution in [1.82, 2.24) is 19.6 Å². The molecule has 4 aliphatic carbocycles. The van der Waals surface area contributed by atoms with E-state index in [0.717, 1.165) is 61.3 Å². The minimum atomic E-state index is -0.239. The predicted octanol–water partition coefficient (Wildman–Crippen LogP) is 8.55. The average molecular weight is 598 g/mol. The van der Waals surface area contributed by atoms with E-state index in [-0.39, 0.29) is 37.9 Å². The Morgan fingerprint density at radius 3 is 1.89 bits per heavy atom. The van der Waals surface area contributed by atoms with Crippen LogP contribution in [0.1, 0.15) is 70.9 Å². The second-order valence-corrected chi connectivity index (χ2v) is 12.9. The van der Waals surface area contributed by atoms with Crippen LogP contribution in [0.5, 0.6) is 0 Å². The van der Waals surface area contributed by atoms with E-state index >= 15 is 0 Å². The molecule has 2 saturated carbocycles. The van der Waals surface area contributed by atoms with Gasteiger partial charge < -0.3 is 5.11 Å². The van der Waals surface area contributed by atoms with Gasteiger partial charge in [-0.2, -0.15) is 10.2 Å². The quantitative estimate of drug-likeness (QED) is 0.241. The highest BCUT2D eigenvalue weighted by atomic mass is 19.1. The number of fused-ring (bicyclic) bond motifs is 4. The monoisotopic (exact) mass is 597 g/mol. The molecule has 3 atom stereocenters. The molecule has 2 aromatic heterocycles. The van der Waals surface area contributed by atoms with Crippen LogP contribution in [-0.4, -0.2) is 31.3 Å². The van der Waals surface area contributed by atoms with Crippen molar-refractivity contribution in [3.8, 4) is 11.4 Å². The molecule has 0 unspecified atom stereocenters. The van der Waals surface area contributed by atoms with Crippen molar-refractivity contribution < 1.29 is 15.3 Å². The number of nitrogens with zero attached hydrogens (tertiary/aromatic N) is 4. The third-order valence-electron chi connectivity index (χ3n) is 10.4. The van der Waals surface area contributed by atoms with E-state index < -0.39 is 0 Å². The van der Waals surface area contributed by atoms with Gasteiger partial charge in [0, 0.05) is 13.4 Å². The minimum absolute atomic E-state index is 0. The lowest BCUT2D eigenvalue weighted by molar-refractivity contribution is 0.150. The van der Waals surface area contributed by atoms with Gasteiger partial charge >= 0.3 is 0 Å². The number of aromatic nitrogens is 4. The molecule has 8 rings (SSSR count). The minimum Gasteiger partial charge on any atom is -0.396 e. The van der Waals surface area contributed by atoms with Crippen molar-refractivity contribution in [2.24, 2.45) is 16.7 Å². The third-order valence-corrected chi connectivity index (χ3v) is 10.4. The van der Waals surface area contributed by atoms with E-state index in [9.17, 15) is 13.9 Å². The number of aliphatic hydroxyl groups is 1. The summed E-state index contributed by atoms with van der Waals surface area (Å²) in [5, 5.41) is 18.6. The lowest BCUT2D eigenvalue weighted by Crippen LogP contribution is -2.30. The fraction of sp³-hybridized carbons (Fsp3) is 0.351. The molecule has 230 valence electrons. The molecular weight excluding hydrogens is 554 g/mol. The predicted molar refractivity (Wildman–Crippen MR) is 174 cm³/mol. The molecule has 0 amide bonds. The van der Waals surface area contributed by atoms with Crippen LogP contribution in [0.25, 0.3) is 23.5 Å². The van der Waals surface area contributed by atoms with Gasteiger partial charge in [-0.25, -0.2) is 18.1 Å². The van der Waals surface area contributed by atoms with Crippen molar-refractivity contribution >= 4 is 12.2 Å². The molecule has 0 spiro atoms. The lowest BCUT2D eigenvalue weighted by atomic mass is 9.70. The Morgan fingerprint density at radius 1 is 0.818 bits per heavy atom. The number of benzene rings is 2. The molecule has 2 fully saturated rings. The zero-order valence-corrected chi connectivity index (χ0v) is 24.7. The highest BCUT2D eigenvalue weighted by molar-refractivity contribution is 5.64. The topological polar surface area (TPSA) is 55.9 Å². The van der Waals surface area contributed by atoms with Crippen LogP contribution in [0.2, 0.25) is 0 Å². The number of hydrogen-bond donors (Lipinski definition) is 1. The molecule has 2 heterocycles. The summed E-state index contributed by atoms with van der Waals surface area (Å²) >= 11 is 0. The first kappa shape index (κ1) is 29.9. The summed E-state index contributed by atoms with van der Waals surface area (Å²) in [5.41, 5.74) is 10.8. The number of rotatable bonds is 3. The first-order chi connectivity index (χ1) is 20.7. The molecular formula is C37H42F2N4O. The SMILES string of the molecule is C.C=C1CCC2=Cc3c(cnn3-c3ccc(F)cc3)C[C@]12C.C[C@]12Cc3cnn(-c4ccc(F)cc4)c3C=C1CC[C@@H]2CO.[2HH]. The van der Waals surface area contributed by atoms with Gasteiger partial charge in [0.05, 0.1) is 35.2 Å². The number of halogens is 2. The summed E-state index contributed by atoms with van der Waals surface area (Å²) in [4.78, 5) is 0. The molecule has 0 aliphatic heterocycles. The van der Waals surface area contributed by atoms with Crippen LogP contribution in [0.3, 0.4) is 0 Å². The molecule has 0 bridgehead atoms. The molecule has 0 radical (unpaired) electrons. The first-order valence-corrected chi connectivity index (χ1v) is 15.1. The molecule has 7 heteroatoms. The molecule has 44 heavy (non-hydrogen) atoms. The van der Waals surface area contributed by atoms with Crippen LogP contribution >= 0.6 is 0 Å². The largest absolute Gasteiger partial charge is 0.396 e. The molecule has 1 N–H and O–H groups in total. The number of hydrogen-bond acceptors (Lipinski definition) is 3. The van der Waals surface area contributed by atoms with Gasteiger partial charge in [-0.05, 0) is 122 Å². The Morgan fingerprint density at radius 2 is 1.34 bits per heavy atom. The van der Waals surface area contributed by atoms with E-state index in [0.29, 0.717) is 5.92 Å². The second kappa shape index (κ2) is 11.1. The van der Waals surface area contributed by atoms with E-state index in [4.69, 9.17) is 0 Å². The van der Waals surface area contributed by atoms with Gasteiger partial charge in [-0.3, -0.25) is 0 Å². The maximum absolute atomic E-state index is 13.1. The highest BCUT2D eigenvalue weighted by Crippen LogP contribution is 2.53. The second-order valence-electron chi connectivity index (χ2n) is 12.9. The number of allylic oxidation sites excluding steroid dienone is 3. The van der Waals surface area contributed by atoms with E-state index in [1.54, 1.807) is 24.3 Å². The van der Waals surface area contributed by atoms with Crippen LogP contribution in [-0.2, 0) is 12.8 Å². The molecule has 5 nitrogen and oxygen atoms in total. The van der Waals surface area contributed by atoms with Crippen molar-refractivity contribution in [2.75, 3.05) is 6.61 Å². The third kappa shape index (κ3) is 4.78. The maximum atomic E-state index is 13.1. The maximum Gasteiger partial charge on any atom is 0.123 e. The first-order valence-electron chi connectivity index (χ1n) is 15.1. The van der Waals surface area contributed by atoms with Crippen LogP contribution in [0.15, 0.2) is 84.2 Å². The van der Waals surface area contributed by atoms with Gasteiger partial charge in [0.15, 0.2) is 0 Å². The molecule has 0 saturated heterocycles. The zero-order chi connectivity index (χ0) is 29.9. The van der Waals surface area contributed by atoms with Crippen LogP contribution in [0, 0.1) is 28.4 Å². The normalized spacial score (nSPS) is 24.6. The Kier molecular flexibility index (Phi) is 7.57. The van der Waals surface area contributed by atoms with Crippen molar-refractivity contribution in [3.05, 3.63) is 118 Å². The lowest BCUT2D eigenvalue weighted by Gasteiger charge is -2.35. The summed E-state index contributed by atoms with van der Waals surface area (Å²) < 4.78 is 30.0. The standard InChI is InChI=1S/C18H19FN2O.C18H17FN2.CH4.H2/c1-18-9-12-10-20-21(16-6-4-15(19)5-7-16)17(12)8-13(18)2-3-14(18)11-22;1-12-3-4-14-9-17-13(10-18(12,14)2)11-20-21(17)16-7-5-15(19)6-8-16;;/h4-8,10,14,22H,2-3,9,11H2,1H3;5-9,11H,1,3-4,10H2,2H3;1H4;1H/t14-,18+;18-;;/m11../s1/i;;;1+1. The molecule has 2 aromatic carbocycles. The van der Waals surface area contributed by atoms with Crippen LogP contribution in [0.4, 0.5) is 8.78 Å². The average Bonchev–Trinajstić information content (AvgIpc) is 3.75. The van der Waals surface area contributed by atoms with Crippen molar-refractivity contribution in [1.29, 1.82) is 0 Å². The van der Waals surface area contributed by atoms with Gasteiger partial charge in [0.2, 0.25) is 0 Å². The van der Waals surface area contributed by atoms with Crippen molar-refractivity contribution in [3.63, 3.8) is 0 Å². The summed E-state index contributed by atoms with van der Waals surface area (Å²) in [6.45, 7) is 9.03. The molecule has 4 aromatic rings. The van der Waals surface area contributed by atoms with E-state index in [1.807, 2.05) is 21.8 Å². The zero-order valence-electron chi connectivity index (χ0n) is 24.7. The van der Waals surface area contributed by atoms with Crippen molar-refractivity contribution in [2.45, 2.75) is 59.8 Å². The summed E-state index contributed by atoms with van der Waals surface area (Å²) in [6, 6.07) is 12.9. The Bertz CT molecular complexity index is 1790. The summed E-state index contributed by atoms with van der Waals surface area (Å²) in [5.74, 6) is -0.129. The smallest absolute Gasteiger partial charge is 0.123 e. The van der Waals surface area contributed by atoms with Crippen LogP contribution < -0.4 is 0 Å². The highest BCUT2D eigenvalue weighted by Gasteiger charge is 2.45. The van der Waals surface area contributed by atoms with Gasteiger partial charge in [-0.1, -0.05) is 44.6 Å². The van der Waals surface area contributed by atoms with E-state index in [2.05, 4.69) is 42.8 Å². The van der Waals surface area contributed by atoms with Gasteiger partial charge in [-0.15, -0.1) is 0 Å². The summed E-state index contributed by atoms with van der Waals surface area (Å²) in [7, 11) is 0. The Balaban J connectivity index is 0.000000170. The fourth-order valence-corrected chi connectivity index (χ4v) is 7.56. The van der Waals surface area contributed by atoms with E-state index in [1.165, 1.54) is 52.1 Å². The summed E-state index contributed by atoms with van der Waals surface area (Å²) in [6.07, 6.45) is 14.5. The fourth-order valence-electron chi connectivity index (χ4n) is 7.56. The Hall–Kier alpha value is -4.10.